The molecule has 0 spiro atoms. The summed E-state index contributed by atoms with van der Waals surface area (Å²) in [5, 5.41) is 7.56. The summed E-state index contributed by atoms with van der Waals surface area (Å²) in [5.41, 5.74) is 1.52. The molecule has 0 unspecified atom stereocenters. The van der Waals surface area contributed by atoms with E-state index in [1.165, 1.54) is 4.57 Å². The lowest BCUT2D eigenvalue weighted by Gasteiger charge is -2.06. The van der Waals surface area contributed by atoms with Crippen molar-refractivity contribution in [1.82, 2.24) is 14.8 Å². The molecule has 6 nitrogen and oxygen atoms in total. The van der Waals surface area contributed by atoms with Gasteiger partial charge >= 0.3 is 5.76 Å². The van der Waals surface area contributed by atoms with Crippen molar-refractivity contribution in [2.75, 3.05) is 0 Å². The minimum Gasteiger partial charge on any atom is -0.408 e. The molecule has 3 rings (SSSR count). The van der Waals surface area contributed by atoms with Crippen molar-refractivity contribution in [1.29, 1.82) is 0 Å². The number of aromatic nitrogens is 3. The zero-order chi connectivity index (χ0) is 13.7. The molecule has 0 bridgehead atoms. The molecule has 0 atom stereocenters. The van der Waals surface area contributed by atoms with Crippen LogP contribution in [0.5, 0.6) is 0 Å². The second-order valence-corrected chi connectivity index (χ2v) is 4.84. The van der Waals surface area contributed by atoms with Gasteiger partial charge in [0, 0.05) is 11.4 Å². The number of oxazole rings is 1. The first-order chi connectivity index (χ1) is 8.99. The van der Waals surface area contributed by atoms with Gasteiger partial charge in [0.15, 0.2) is 5.58 Å². The van der Waals surface area contributed by atoms with Crippen molar-refractivity contribution in [3.05, 3.63) is 38.7 Å². The van der Waals surface area contributed by atoms with Crippen LogP contribution in [0.15, 0.2) is 26.1 Å². The summed E-state index contributed by atoms with van der Waals surface area (Å²) in [6.45, 7) is 5.58. The molecule has 0 amide bonds. The lowest BCUT2D eigenvalue weighted by molar-refractivity contribution is 0.478. The quantitative estimate of drug-likeness (QED) is 0.721. The van der Waals surface area contributed by atoms with E-state index in [0.717, 1.165) is 0 Å². The fraction of sp³-hybridized carbons (Fsp3) is 0.308. The summed E-state index contributed by atoms with van der Waals surface area (Å²) < 4.78 is 6.76. The first kappa shape index (κ1) is 11.7. The highest BCUT2D eigenvalue weighted by Crippen LogP contribution is 2.23. The van der Waals surface area contributed by atoms with E-state index in [2.05, 4.69) is 10.2 Å². The summed E-state index contributed by atoms with van der Waals surface area (Å²) in [7, 11) is 0. The van der Waals surface area contributed by atoms with Gasteiger partial charge in [0.1, 0.15) is 0 Å². The SMILES string of the molecule is Cc1n[nH]c(=O)c2cc3c(cc12)oc(=O)n3C(C)C. The standard InChI is InChI=1S/C13H13N3O3/c1-6(2)16-10-4-9-8(5-11(10)19-13(16)18)7(3)14-15-12(9)17/h4-6H,1-3H3,(H,15,17). The highest BCUT2D eigenvalue weighted by atomic mass is 16.4. The van der Waals surface area contributed by atoms with Gasteiger partial charge in [0.2, 0.25) is 0 Å². The topological polar surface area (TPSA) is 80.9 Å². The minimum absolute atomic E-state index is 0.0341. The monoisotopic (exact) mass is 259 g/mol. The van der Waals surface area contributed by atoms with Gasteiger partial charge in [-0.3, -0.25) is 9.36 Å². The minimum atomic E-state index is -0.414. The number of hydrogen-bond acceptors (Lipinski definition) is 4. The van der Waals surface area contributed by atoms with E-state index in [4.69, 9.17) is 4.42 Å². The van der Waals surface area contributed by atoms with Gasteiger partial charge in [-0.25, -0.2) is 9.89 Å². The molecule has 0 aliphatic rings. The van der Waals surface area contributed by atoms with Crippen LogP contribution in [-0.2, 0) is 0 Å². The molecule has 0 aliphatic heterocycles. The number of nitrogens with one attached hydrogen (secondary N) is 1. The predicted molar refractivity (Wildman–Crippen MR) is 71.5 cm³/mol. The van der Waals surface area contributed by atoms with Crippen molar-refractivity contribution >= 4 is 21.9 Å². The maximum Gasteiger partial charge on any atom is 0.420 e. The molecule has 98 valence electrons. The van der Waals surface area contributed by atoms with Crippen LogP contribution >= 0.6 is 0 Å². The van der Waals surface area contributed by atoms with Crippen molar-refractivity contribution in [2.24, 2.45) is 0 Å². The summed E-state index contributed by atoms with van der Waals surface area (Å²) in [5.74, 6) is -0.414. The van der Waals surface area contributed by atoms with E-state index in [-0.39, 0.29) is 11.6 Å². The van der Waals surface area contributed by atoms with Gasteiger partial charge in [0.05, 0.1) is 16.6 Å². The van der Waals surface area contributed by atoms with Crippen molar-refractivity contribution < 1.29 is 4.42 Å². The van der Waals surface area contributed by atoms with Crippen LogP contribution in [0.1, 0.15) is 25.6 Å². The summed E-state index contributed by atoms with van der Waals surface area (Å²) >= 11 is 0. The number of benzene rings is 1. The van der Waals surface area contributed by atoms with E-state index in [9.17, 15) is 9.59 Å². The molecule has 2 heterocycles. The largest absolute Gasteiger partial charge is 0.420 e. The van der Waals surface area contributed by atoms with Crippen LogP contribution in [0, 0.1) is 6.92 Å². The van der Waals surface area contributed by atoms with Gasteiger partial charge in [-0.05, 0) is 32.9 Å². The fourth-order valence-corrected chi connectivity index (χ4v) is 2.31. The Morgan fingerprint density at radius 2 is 2.00 bits per heavy atom. The summed E-state index contributed by atoms with van der Waals surface area (Å²) in [6, 6.07) is 3.35. The average molecular weight is 259 g/mol. The Morgan fingerprint density at radius 3 is 2.68 bits per heavy atom. The van der Waals surface area contributed by atoms with E-state index in [1.54, 1.807) is 19.1 Å². The molecule has 0 fully saturated rings. The predicted octanol–water partition coefficient (Wildman–Crippen LogP) is 1.72. The van der Waals surface area contributed by atoms with Crippen LogP contribution < -0.4 is 11.3 Å². The molecule has 0 saturated carbocycles. The van der Waals surface area contributed by atoms with E-state index in [1.807, 2.05) is 13.8 Å². The van der Waals surface area contributed by atoms with Crippen LogP contribution in [0.3, 0.4) is 0 Å². The molecule has 1 aromatic carbocycles. The Morgan fingerprint density at radius 1 is 1.26 bits per heavy atom. The molecule has 0 saturated heterocycles. The van der Waals surface area contributed by atoms with Crippen LogP contribution in [0.4, 0.5) is 0 Å². The number of nitrogens with zero attached hydrogens (tertiary/aromatic N) is 2. The Kier molecular flexibility index (Phi) is 2.35. The summed E-state index contributed by atoms with van der Waals surface area (Å²) in [6.07, 6.45) is 0. The fourth-order valence-electron chi connectivity index (χ4n) is 2.31. The molecule has 3 aromatic rings. The second kappa shape index (κ2) is 3.81. The van der Waals surface area contributed by atoms with Gasteiger partial charge in [-0.1, -0.05) is 0 Å². The molecular formula is C13H13N3O3. The van der Waals surface area contributed by atoms with Crippen molar-refractivity contribution in [3.8, 4) is 0 Å². The van der Waals surface area contributed by atoms with Gasteiger partial charge in [0.25, 0.3) is 5.56 Å². The van der Waals surface area contributed by atoms with E-state index < -0.39 is 5.76 Å². The maximum absolute atomic E-state index is 11.8. The van der Waals surface area contributed by atoms with Crippen molar-refractivity contribution in [2.45, 2.75) is 26.8 Å². The number of H-pyrrole nitrogens is 1. The van der Waals surface area contributed by atoms with E-state index >= 15 is 0 Å². The normalized spacial score (nSPS) is 11.8. The molecule has 0 radical (unpaired) electrons. The average Bonchev–Trinajstić information content (AvgIpc) is 2.67. The smallest absolute Gasteiger partial charge is 0.408 e. The molecular weight excluding hydrogens is 246 g/mol. The van der Waals surface area contributed by atoms with Crippen LogP contribution in [-0.4, -0.2) is 14.8 Å². The maximum atomic E-state index is 11.8. The third-order valence-electron chi connectivity index (χ3n) is 3.23. The number of aryl methyl sites for hydroxylation is 1. The summed E-state index contributed by atoms with van der Waals surface area (Å²) in [4.78, 5) is 23.7. The first-order valence-corrected chi connectivity index (χ1v) is 6.03. The molecule has 2 aromatic heterocycles. The van der Waals surface area contributed by atoms with Crippen LogP contribution in [0.2, 0.25) is 0 Å². The van der Waals surface area contributed by atoms with E-state index in [0.29, 0.717) is 27.6 Å². The Labute approximate surface area is 107 Å². The highest BCUT2D eigenvalue weighted by Gasteiger charge is 2.14. The second-order valence-electron chi connectivity index (χ2n) is 4.84. The Hall–Kier alpha value is -2.37. The number of aromatic amines is 1. The third kappa shape index (κ3) is 1.60. The third-order valence-corrected chi connectivity index (χ3v) is 3.23. The zero-order valence-electron chi connectivity index (χ0n) is 10.9. The van der Waals surface area contributed by atoms with Gasteiger partial charge in [-0.2, -0.15) is 5.10 Å². The molecule has 1 N–H and O–H groups in total. The number of rotatable bonds is 1. The zero-order valence-corrected chi connectivity index (χ0v) is 10.9. The molecule has 19 heavy (non-hydrogen) atoms. The number of hydrogen-bond donors (Lipinski definition) is 1. The van der Waals surface area contributed by atoms with Crippen LogP contribution in [0.25, 0.3) is 21.9 Å². The Bertz CT molecular complexity index is 899. The lowest BCUT2D eigenvalue weighted by atomic mass is 10.1. The van der Waals surface area contributed by atoms with Crippen molar-refractivity contribution in [3.63, 3.8) is 0 Å². The lowest BCUT2D eigenvalue weighted by Crippen LogP contribution is -2.16. The Balaban J connectivity index is 2.57. The number of fused-ring (bicyclic) bond motifs is 2. The van der Waals surface area contributed by atoms with Gasteiger partial charge in [-0.15, -0.1) is 0 Å². The molecule has 6 heteroatoms. The molecule has 0 aliphatic carbocycles. The highest BCUT2D eigenvalue weighted by molar-refractivity contribution is 5.94. The first-order valence-electron chi connectivity index (χ1n) is 6.03. The van der Waals surface area contributed by atoms with Gasteiger partial charge < -0.3 is 4.42 Å².